The number of aliphatic carboxylic acids is 1. The molecule has 0 unspecified atom stereocenters. The Balaban J connectivity index is 2.17. The van der Waals surface area contributed by atoms with Gasteiger partial charge in [-0.15, -0.1) is 0 Å². The first-order valence-electron chi connectivity index (χ1n) is 6.12. The van der Waals surface area contributed by atoms with Crippen molar-refractivity contribution in [1.29, 1.82) is 0 Å². The van der Waals surface area contributed by atoms with E-state index in [2.05, 4.69) is 12.2 Å². The maximum Gasteiger partial charge on any atom is 0.309 e. The number of fused-ring (bicyclic) bond motifs is 1. The van der Waals surface area contributed by atoms with Crippen molar-refractivity contribution in [3.05, 3.63) is 12.2 Å². The van der Waals surface area contributed by atoms with Gasteiger partial charge in [-0.3, -0.25) is 9.59 Å². The fourth-order valence-corrected chi connectivity index (χ4v) is 3.31. The average Bonchev–Trinajstić information content (AvgIpc) is 2.26. The predicted molar refractivity (Wildman–Crippen MR) is 61.2 cm³/mol. The van der Waals surface area contributed by atoms with Crippen molar-refractivity contribution in [2.75, 3.05) is 7.11 Å². The van der Waals surface area contributed by atoms with E-state index in [9.17, 15) is 14.7 Å². The van der Waals surface area contributed by atoms with Crippen LogP contribution in [-0.4, -0.2) is 24.2 Å². The van der Waals surface area contributed by atoms with Crippen LogP contribution in [0.25, 0.3) is 0 Å². The number of allylic oxidation sites excluding steroid dienone is 2. The Morgan fingerprint density at radius 2 is 1.65 bits per heavy atom. The number of methoxy groups -OCH3 is 1. The molecule has 0 aliphatic heterocycles. The lowest BCUT2D eigenvalue weighted by Crippen LogP contribution is -2.54. The van der Waals surface area contributed by atoms with Crippen LogP contribution in [0.4, 0.5) is 0 Å². The molecular formula is C13H18O4. The van der Waals surface area contributed by atoms with Crippen LogP contribution in [0.15, 0.2) is 12.2 Å². The molecule has 0 aromatic rings. The highest BCUT2D eigenvalue weighted by atomic mass is 16.5. The summed E-state index contributed by atoms with van der Waals surface area (Å²) in [5.74, 6) is -1.86. The van der Waals surface area contributed by atoms with Crippen LogP contribution in [0, 0.1) is 23.7 Å². The average molecular weight is 238 g/mol. The normalized spacial score (nSPS) is 37.9. The van der Waals surface area contributed by atoms with E-state index in [1.807, 2.05) is 0 Å². The summed E-state index contributed by atoms with van der Waals surface area (Å²) in [6.45, 7) is 0. The minimum absolute atomic E-state index is 0.140. The van der Waals surface area contributed by atoms with Gasteiger partial charge >= 0.3 is 11.9 Å². The molecule has 17 heavy (non-hydrogen) atoms. The third-order valence-corrected chi connectivity index (χ3v) is 4.12. The third-order valence-electron chi connectivity index (χ3n) is 4.12. The van der Waals surface area contributed by atoms with Gasteiger partial charge in [0.15, 0.2) is 0 Å². The van der Waals surface area contributed by atoms with Crippen molar-refractivity contribution >= 4 is 11.9 Å². The van der Waals surface area contributed by atoms with Gasteiger partial charge in [-0.1, -0.05) is 12.2 Å². The van der Waals surface area contributed by atoms with Gasteiger partial charge in [0.25, 0.3) is 0 Å². The largest absolute Gasteiger partial charge is 0.481 e. The molecule has 1 fully saturated rings. The third kappa shape index (κ3) is 2.08. The molecule has 0 saturated heterocycles. The van der Waals surface area contributed by atoms with Gasteiger partial charge in [0, 0.05) is 0 Å². The van der Waals surface area contributed by atoms with Crippen LogP contribution < -0.4 is 0 Å². The number of ether oxygens (including phenoxy) is 1. The summed E-state index contributed by atoms with van der Waals surface area (Å²) in [6, 6.07) is 0. The second-order valence-corrected chi connectivity index (χ2v) is 4.87. The quantitative estimate of drug-likeness (QED) is 0.589. The van der Waals surface area contributed by atoms with Crippen molar-refractivity contribution < 1.29 is 19.4 Å². The zero-order valence-electron chi connectivity index (χ0n) is 9.96. The Bertz CT molecular complexity index is 347. The van der Waals surface area contributed by atoms with Gasteiger partial charge in [-0.25, -0.2) is 0 Å². The summed E-state index contributed by atoms with van der Waals surface area (Å²) in [5, 5.41) is 9.22. The lowest BCUT2D eigenvalue weighted by molar-refractivity contribution is -0.178. The van der Waals surface area contributed by atoms with E-state index in [0.29, 0.717) is 0 Å². The predicted octanol–water partition coefficient (Wildman–Crippen LogP) is 1.85. The lowest BCUT2D eigenvalue weighted by atomic mass is 9.53. The van der Waals surface area contributed by atoms with E-state index >= 15 is 0 Å². The molecule has 0 spiro atoms. The monoisotopic (exact) mass is 238 g/mol. The molecule has 0 radical (unpaired) electrons. The van der Waals surface area contributed by atoms with E-state index in [0.717, 1.165) is 25.7 Å². The molecule has 0 aromatic carbocycles. The SMILES string of the molecule is COC(=O)[C@H]1[C@H]2CC/C=C\CC[C@@H]2[C@H]1C(=O)O. The molecular weight excluding hydrogens is 220 g/mol. The number of hydrogen-bond acceptors (Lipinski definition) is 3. The Morgan fingerprint density at radius 1 is 1.12 bits per heavy atom. The number of hydrogen-bond donors (Lipinski definition) is 1. The van der Waals surface area contributed by atoms with Crippen LogP contribution in [0.3, 0.4) is 0 Å². The van der Waals surface area contributed by atoms with E-state index in [4.69, 9.17) is 4.74 Å². The summed E-state index contributed by atoms with van der Waals surface area (Å²) < 4.78 is 4.74. The summed E-state index contributed by atoms with van der Waals surface area (Å²) >= 11 is 0. The molecule has 4 nitrogen and oxygen atoms in total. The fraction of sp³-hybridized carbons (Fsp3) is 0.692. The van der Waals surface area contributed by atoms with Gasteiger partial charge < -0.3 is 9.84 Å². The molecule has 0 amide bonds. The van der Waals surface area contributed by atoms with Crippen molar-refractivity contribution in [1.82, 2.24) is 0 Å². The Hall–Kier alpha value is -1.32. The molecule has 2 aliphatic rings. The van der Waals surface area contributed by atoms with E-state index in [1.54, 1.807) is 0 Å². The number of carboxylic acid groups (broad SMARTS) is 1. The maximum absolute atomic E-state index is 11.7. The molecule has 0 heterocycles. The maximum atomic E-state index is 11.7. The van der Waals surface area contributed by atoms with Crippen LogP contribution in [0.5, 0.6) is 0 Å². The van der Waals surface area contributed by atoms with Gasteiger partial charge in [-0.2, -0.15) is 0 Å². The summed E-state index contributed by atoms with van der Waals surface area (Å²) in [5.41, 5.74) is 0. The van der Waals surface area contributed by atoms with Crippen LogP contribution in [0.2, 0.25) is 0 Å². The number of esters is 1. The van der Waals surface area contributed by atoms with Crippen LogP contribution in [0.1, 0.15) is 25.7 Å². The van der Waals surface area contributed by atoms with Crippen molar-refractivity contribution in [3.63, 3.8) is 0 Å². The first-order valence-corrected chi connectivity index (χ1v) is 6.12. The number of carbonyl (C=O) groups is 2. The molecule has 1 saturated carbocycles. The molecule has 2 aliphatic carbocycles. The molecule has 0 aromatic heterocycles. The first kappa shape index (κ1) is 12.1. The van der Waals surface area contributed by atoms with E-state index < -0.39 is 17.8 Å². The minimum Gasteiger partial charge on any atom is -0.481 e. The van der Waals surface area contributed by atoms with Crippen LogP contribution >= 0.6 is 0 Å². The van der Waals surface area contributed by atoms with Crippen molar-refractivity contribution in [2.45, 2.75) is 25.7 Å². The zero-order chi connectivity index (χ0) is 12.4. The molecule has 4 atom stereocenters. The topological polar surface area (TPSA) is 63.6 Å². The molecule has 1 N–H and O–H groups in total. The fourth-order valence-electron chi connectivity index (χ4n) is 3.31. The summed E-state index contributed by atoms with van der Waals surface area (Å²) in [6.07, 6.45) is 7.84. The van der Waals surface area contributed by atoms with Gasteiger partial charge in [-0.05, 0) is 37.5 Å². The zero-order valence-corrected chi connectivity index (χ0v) is 9.96. The Kier molecular flexibility index (Phi) is 3.50. The van der Waals surface area contributed by atoms with Crippen molar-refractivity contribution in [2.24, 2.45) is 23.7 Å². The van der Waals surface area contributed by atoms with E-state index in [1.165, 1.54) is 7.11 Å². The highest BCUT2D eigenvalue weighted by molar-refractivity contribution is 5.83. The Morgan fingerprint density at radius 3 is 2.12 bits per heavy atom. The molecule has 4 heteroatoms. The number of rotatable bonds is 2. The molecule has 0 bridgehead atoms. The van der Waals surface area contributed by atoms with E-state index in [-0.39, 0.29) is 17.8 Å². The van der Waals surface area contributed by atoms with Gasteiger partial charge in [0.1, 0.15) is 0 Å². The lowest BCUT2D eigenvalue weighted by Gasteiger charge is -2.49. The van der Waals surface area contributed by atoms with Crippen molar-refractivity contribution in [3.8, 4) is 0 Å². The number of carboxylic acids is 1. The highest BCUT2D eigenvalue weighted by Gasteiger charge is 2.56. The summed E-state index contributed by atoms with van der Waals surface area (Å²) in [7, 11) is 1.33. The number of carbonyl (C=O) groups excluding carboxylic acids is 1. The first-order chi connectivity index (χ1) is 8.16. The second kappa shape index (κ2) is 4.90. The van der Waals surface area contributed by atoms with Gasteiger partial charge in [0.05, 0.1) is 18.9 Å². The molecule has 94 valence electrons. The second-order valence-electron chi connectivity index (χ2n) is 4.87. The Labute approximate surface area is 101 Å². The molecule has 2 rings (SSSR count). The minimum atomic E-state index is -0.855. The van der Waals surface area contributed by atoms with Gasteiger partial charge in [0.2, 0.25) is 0 Å². The highest BCUT2D eigenvalue weighted by Crippen LogP contribution is 2.52. The standard InChI is InChI=1S/C13H18O4/c1-17-13(16)11-9-7-5-3-2-4-6-8(9)10(11)12(14)15/h2-3,8-11H,4-7H2,1H3,(H,14,15)/b3-2-/t8-,9-,10+,11-/m0/s1. The smallest absolute Gasteiger partial charge is 0.309 e. The van der Waals surface area contributed by atoms with Crippen LogP contribution in [-0.2, 0) is 14.3 Å². The summed E-state index contributed by atoms with van der Waals surface area (Å²) in [4.78, 5) is 22.9.